The third-order valence-electron chi connectivity index (χ3n) is 1.30. The number of aliphatic hydroxyl groups is 2. The second-order valence-electron chi connectivity index (χ2n) is 2.33. The maximum atomic E-state index is 9.16. The molecule has 2 nitrogen and oxygen atoms in total. The van der Waals surface area contributed by atoms with Crippen LogP contribution in [0.25, 0.3) is 0 Å². The van der Waals surface area contributed by atoms with E-state index in [1.54, 1.807) is 26.0 Å². The van der Waals surface area contributed by atoms with Crippen molar-refractivity contribution in [1.82, 2.24) is 0 Å². The molecule has 0 aliphatic heterocycles. The molecule has 2 atom stereocenters. The van der Waals surface area contributed by atoms with Crippen LogP contribution in [0.1, 0.15) is 13.8 Å². The number of allylic oxidation sites excluding steroid dienone is 2. The van der Waals surface area contributed by atoms with Crippen molar-refractivity contribution in [2.45, 2.75) is 26.1 Å². The van der Waals surface area contributed by atoms with Gasteiger partial charge >= 0.3 is 0 Å². The Hall–Kier alpha value is -0.600. The monoisotopic (exact) mass is 142 g/mol. The molecule has 0 fully saturated rings. The van der Waals surface area contributed by atoms with Gasteiger partial charge in [0.2, 0.25) is 0 Å². The predicted molar refractivity (Wildman–Crippen MR) is 41.6 cm³/mol. The highest BCUT2D eigenvalue weighted by atomic mass is 16.3. The Morgan fingerprint density at radius 3 is 2.30 bits per heavy atom. The molecule has 58 valence electrons. The van der Waals surface area contributed by atoms with Crippen LogP contribution in [0, 0.1) is 0 Å². The molecule has 0 saturated carbocycles. The second kappa shape index (κ2) is 4.25. The Labute approximate surface area is 61.5 Å². The average molecular weight is 142 g/mol. The van der Waals surface area contributed by atoms with Gasteiger partial charge in [0, 0.05) is 0 Å². The van der Waals surface area contributed by atoms with E-state index in [0.29, 0.717) is 0 Å². The molecule has 0 bridgehead atoms. The van der Waals surface area contributed by atoms with E-state index in [-0.39, 0.29) is 0 Å². The fourth-order valence-electron chi connectivity index (χ4n) is 0.665. The van der Waals surface area contributed by atoms with Gasteiger partial charge in [-0.05, 0) is 19.4 Å². The van der Waals surface area contributed by atoms with Crippen molar-refractivity contribution >= 4 is 0 Å². The Morgan fingerprint density at radius 1 is 1.50 bits per heavy atom. The van der Waals surface area contributed by atoms with E-state index in [1.165, 1.54) is 0 Å². The van der Waals surface area contributed by atoms with Gasteiger partial charge in [-0.2, -0.15) is 0 Å². The maximum absolute atomic E-state index is 9.16. The molecule has 2 N–H and O–H groups in total. The Balaban J connectivity index is 4.06. The van der Waals surface area contributed by atoms with Crippen LogP contribution in [0.5, 0.6) is 0 Å². The summed E-state index contributed by atoms with van der Waals surface area (Å²) in [5, 5.41) is 18.1. The minimum Gasteiger partial charge on any atom is -0.390 e. The lowest BCUT2D eigenvalue weighted by molar-refractivity contribution is 0.0547. The fraction of sp³-hybridized carbons (Fsp3) is 0.500. The van der Waals surface area contributed by atoms with E-state index in [2.05, 4.69) is 6.58 Å². The van der Waals surface area contributed by atoms with Crippen molar-refractivity contribution in [1.29, 1.82) is 0 Å². The smallest absolute Gasteiger partial charge is 0.101 e. The lowest BCUT2D eigenvalue weighted by Gasteiger charge is -2.13. The van der Waals surface area contributed by atoms with Crippen LogP contribution in [-0.4, -0.2) is 22.4 Å². The Morgan fingerprint density at radius 2 is 2.00 bits per heavy atom. The van der Waals surface area contributed by atoms with Gasteiger partial charge in [0.05, 0.1) is 6.10 Å². The van der Waals surface area contributed by atoms with Gasteiger partial charge in [-0.3, -0.25) is 0 Å². The summed E-state index contributed by atoms with van der Waals surface area (Å²) < 4.78 is 0. The largest absolute Gasteiger partial charge is 0.390 e. The van der Waals surface area contributed by atoms with Crippen LogP contribution < -0.4 is 0 Å². The summed E-state index contributed by atoms with van der Waals surface area (Å²) in [4.78, 5) is 0. The van der Waals surface area contributed by atoms with E-state index in [9.17, 15) is 0 Å². The van der Waals surface area contributed by atoms with E-state index >= 15 is 0 Å². The van der Waals surface area contributed by atoms with Crippen LogP contribution in [0.15, 0.2) is 24.3 Å². The summed E-state index contributed by atoms with van der Waals surface area (Å²) in [6.07, 6.45) is 1.78. The molecule has 0 spiro atoms. The molecule has 0 heterocycles. The van der Waals surface area contributed by atoms with Gasteiger partial charge in [0.1, 0.15) is 6.10 Å². The van der Waals surface area contributed by atoms with Crippen molar-refractivity contribution in [2.75, 3.05) is 0 Å². The zero-order valence-electron chi connectivity index (χ0n) is 6.41. The van der Waals surface area contributed by atoms with Gasteiger partial charge in [-0.25, -0.2) is 0 Å². The molecule has 0 aromatic heterocycles. The lowest BCUT2D eigenvalue weighted by Crippen LogP contribution is -2.23. The third-order valence-corrected chi connectivity index (χ3v) is 1.30. The van der Waals surface area contributed by atoms with Crippen molar-refractivity contribution in [3.8, 4) is 0 Å². The van der Waals surface area contributed by atoms with Gasteiger partial charge in [-0.1, -0.05) is 18.7 Å². The fourth-order valence-corrected chi connectivity index (χ4v) is 0.665. The minimum atomic E-state index is -0.766. The Kier molecular flexibility index (Phi) is 4.00. The van der Waals surface area contributed by atoms with Crippen LogP contribution in [0.2, 0.25) is 0 Å². The number of rotatable bonds is 3. The van der Waals surface area contributed by atoms with E-state index in [4.69, 9.17) is 10.2 Å². The minimum absolute atomic E-state index is 0.712. The van der Waals surface area contributed by atoms with Crippen LogP contribution in [-0.2, 0) is 0 Å². The molecule has 0 saturated heterocycles. The molecule has 0 aromatic carbocycles. The molecular weight excluding hydrogens is 128 g/mol. The summed E-state index contributed by atoms with van der Waals surface area (Å²) in [6.45, 7) is 6.77. The van der Waals surface area contributed by atoms with Gasteiger partial charge in [-0.15, -0.1) is 0 Å². The van der Waals surface area contributed by atoms with Crippen molar-refractivity contribution < 1.29 is 10.2 Å². The highest BCUT2D eigenvalue weighted by Gasteiger charge is 2.10. The molecule has 0 aromatic rings. The topological polar surface area (TPSA) is 40.5 Å². The molecule has 0 aliphatic rings. The van der Waals surface area contributed by atoms with Crippen molar-refractivity contribution in [2.24, 2.45) is 0 Å². The quantitative estimate of drug-likeness (QED) is 0.574. The van der Waals surface area contributed by atoms with E-state index in [0.717, 1.165) is 5.57 Å². The molecular formula is C8H14O2. The predicted octanol–water partition coefficient (Wildman–Crippen LogP) is 0.860. The lowest BCUT2D eigenvalue weighted by atomic mass is 10.1. The Bertz CT molecular complexity index is 136. The van der Waals surface area contributed by atoms with Crippen molar-refractivity contribution in [3.63, 3.8) is 0 Å². The number of hydrogen-bond acceptors (Lipinski definition) is 2. The van der Waals surface area contributed by atoms with Gasteiger partial charge in [0.15, 0.2) is 0 Å². The molecule has 2 heteroatoms. The number of hydrogen-bond donors (Lipinski definition) is 2. The molecule has 10 heavy (non-hydrogen) atoms. The van der Waals surface area contributed by atoms with Gasteiger partial charge in [0.25, 0.3) is 0 Å². The first kappa shape index (κ1) is 9.40. The van der Waals surface area contributed by atoms with Crippen LogP contribution in [0.4, 0.5) is 0 Å². The third kappa shape index (κ3) is 2.80. The summed E-state index contributed by atoms with van der Waals surface area (Å²) in [7, 11) is 0. The van der Waals surface area contributed by atoms with E-state index < -0.39 is 12.2 Å². The summed E-state index contributed by atoms with van der Waals surface area (Å²) >= 11 is 0. The summed E-state index contributed by atoms with van der Waals surface area (Å²) in [5.41, 5.74) is 0.727. The summed E-state index contributed by atoms with van der Waals surface area (Å²) in [6, 6.07) is 0. The zero-order chi connectivity index (χ0) is 8.15. The summed E-state index contributed by atoms with van der Waals surface area (Å²) in [5.74, 6) is 0. The number of aliphatic hydroxyl groups excluding tert-OH is 2. The second-order valence-corrected chi connectivity index (χ2v) is 2.33. The van der Waals surface area contributed by atoms with Crippen LogP contribution in [0.3, 0.4) is 0 Å². The van der Waals surface area contributed by atoms with Crippen LogP contribution >= 0.6 is 0 Å². The SMILES string of the molecule is C=C/C=C(\C)C(O)C(C)O. The standard InChI is InChI=1S/C8H14O2/c1-4-5-6(2)8(10)7(3)9/h4-5,7-10H,1H2,2-3H3/b6-5+. The molecule has 0 radical (unpaired) electrons. The highest BCUT2D eigenvalue weighted by molar-refractivity contribution is 5.12. The molecule has 0 aliphatic carbocycles. The highest BCUT2D eigenvalue weighted by Crippen LogP contribution is 2.04. The first-order chi connectivity index (χ1) is 4.59. The molecule has 2 unspecified atom stereocenters. The molecule has 0 rings (SSSR count). The average Bonchev–Trinajstić information content (AvgIpc) is 1.87. The molecule has 0 amide bonds. The first-order valence-electron chi connectivity index (χ1n) is 3.25. The normalized spacial score (nSPS) is 18.2. The van der Waals surface area contributed by atoms with E-state index in [1.807, 2.05) is 0 Å². The van der Waals surface area contributed by atoms with Gasteiger partial charge < -0.3 is 10.2 Å². The maximum Gasteiger partial charge on any atom is 0.101 e. The zero-order valence-corrected chi connectivity index (χ0v) is 6.41. The first-order valence-corrected chi connectivity index (χ1v) is 3.25. The van der Waals surface area contributed by atoms with Crippen molar-refractivity contribution in [3.05, 3.63) is 24.3 Å².